The van der Waals surface area contributed by atoms with Crippen LogP contribution in [0.1, 0.15) is 31.2 Å². The van der Waals surface area contributed by atoms with Gasteiger partial charge in [0.2, 0.25) is 0 Å². The number of aromatic nitrogens is 2. The van der Waals surface area contributed by atoms with Crippen LogP contribution in [-0.4, -0.2) is 27.1 Å². The van der Waals surface area contributed by atoms with Crippen LogP contribution in [0.3, 0.4) is 0 Å². The van der Waals surface area contributed by atoms with E-state index in [-0.39, 0.29) is 6.42 Å². The molecular weight excluding hydrogens is 194 g/mol. The molecule has 3 N–H and O–H groups in total. The van der Waals surface area contributed by atoms with Crippen molar-refractivity contribution in [3.05, 3.63) is 23.8 Å². The molecular formula is C10H15N3O2. The number of carbonyl (C=O) groups is 1. The molecule has 0 aliphatic rings. The molecule has 1 aromatic heterocycles. The van der Waals surface area contributed by atoms with Crippen molar-refractivity contribution in [1.29, 1.82) is 0 Å². The van der Waals surface area contributed by atoms with Crippen LogP contribution in [0.15, 0.2) is 12.4 Å². The molecule has 1 heterocycles. The van der Waals surface area contributed by atoms with Gasteiger partial charge in [-0.15, -0.1) is 0 Å². The quantitative estimate of drug-likeness (QED) is 0.756. The molecule has 0 spiro atoms. The summed E-state index contributed by atoms with van der Waals surface area (Å²) in [7, 11) is 0. The molecule has 0 bridgehead atoms. The van der Waals surface area contributed by atoms with E-state index in [9.17, 15) is 4.79 Å². The van der Waals surface area contributed by atoms with Crippen LogP contribution in [0.25, 0.3) is 0 Å². The van der Waals surface area contributed by atoms with Crippen LogP contribution in [0.4, 0.5) is 0 Å². The molecule has 0 radical (unpaired) electrons. The maximum Gasteiger partial charge on any atom is 0.320 e. The molecule has 82 valence electrons. The summed E-state index contributed by atoms with van der Waals surface area (Å²) in [4.78, 5) is 18.6. The van der Waals surface area contributed by atoms with Crippen molar-refractivity contribution < 1.29 is 9.90 Å². The van der Waals surface area contributed by atoms with E-state index < -0.39 is 12.0 Å². The standard InChI is InChI=1S/C10H15N3O2/c1-6(2)7-4-12-9(13-5-7)3-8(11)10(14)15/h4-6,8H,3,11H2,1-2H3,(H,14,15). The smallest absolute Gasteiger partial charge is 0.320 e. The lowest BCUT2D eigenvalue weighted by molar-refractivity contribution is -0.138. The number of hydrogen-bond donors (Lipinski definition) is 2. The molecule has 5 heteroatoms. The van der Waals surface area contributed by atoms with Gasteiger partial charge in [0.25, 0.3) is 0 Å². The molecule has 15 heavy (non-hydrogen) atoms. The zero-order chi connectivity index (χ0) is 11.4. The van der Waals surface area contributed by atoms with Crippen molar-refractivity contribution in [2.45, 2.75) is 32.2 Å². The number of carboxylic acids is 1. The molecule has 0 aliphatic heterocycles. The van der Waals surface area contributed by atoms with E-state index in [1.807, 2.05) is 13.8 Å². The van der Waals surface area contributed by atoms with Gasteiger partial charge in [-0.05, 0) is 11.5 Å². The summed E-state index contributed by atoms with van der Waals surface area (Å²) in [5, 5.41) is 8.61. The Hall–Kier alpha value is -1.49. The van der Waals surface area contributed by atoms with Crippen molar-refractivity contribution in [1.82, 2.24) is 9.97 Å². The zero-order valence-corrected chi connectivity index (χ0v) is 8.84. The predicted octanol–water partition coefficient (Wildman–Crippen LogP) is 0.554. The average Bonchev–Trinajstić information content (AvgIpc) is 2.18. The Morgan fingerprint density at radius 2 is 2.00 bits per heavy atom. The number of nitrogens with zero attached hydrogens (tertiary/aromatic N) is 2. The zero-order valence-electron chi connectivity index (χ0n) is 8.84. The third-order valence-electron chi connectivity index (χ3n) is 2.11. The lowest BCUT2D eigenvalue weighted by Gasteiger charge is -2.07. The monoisotopic (exact) mass is 209 g/mol. The van der Waals surface area contributed by atoms with Gasteiger partial charge in [0.1, 0.15) is 11.9 Å². The third kappa shape index (κ3) is 3.28. The molecule has 0 aliphatic carbocycles. The fraction of sp³-hybridized carbons (Fsp3) is 0.500. The van der Waals surface area contributed by atoms with Crippen LogP contribution in [0.2, 0.25) is 0 Å². The summed E-state index contributed by atoms with van der Waals surface area (Å²) < 4.78 is 0. The van der Waals surface area contributed by atoms with Crippen LogP contribution >= 0.6 is 0 Å². The van der Waals surface area contributed by atoms with Crippen molar-refractivity contribution in [2.75, 3.05) is 0 Å². The molecule has 0 amide bonds. The van der Waals surface area contributed by atoms with Crippen LogP contribution in [-0.2, 0) is 11.2 Å². The normalized spacial score (nSPS) is 12.8. The van der Waals surface area contributed by atoms with Gasteiger partial charge in [-0.2, -0.15) is 0 Å². The summed E-state index contributed by atoms with van der Waals surface area (Å²) >= 11 is 0. The summed E-state index contributed by atoms with van der Waals surface area (Å²) in [6.07, 6.45) is 3.58. The second kappa shape index (κ2) is 4.84. The third-order valence-corrected chi connectivity index (χ3v) is 2.11. The molecule has 1 aromatic rings. The molecule has 0 saturated carbocycles. The van der Waals surface area contributed by atoms with Gasteiger partial charge in [-0.25, -0.2) is 9.97 Å². The second-order valence-electron chi connectivity index (χ2n) is 3.74. The molecule has 0 fully saturated rings. The van der Waals surface area contributed by atoms with E-state index in [1.165, 1.54) is 0 Å². The van der Waals surface area contributed by atoms with Gasteiger partial charge in [0.05, 0.1) is 0 Å². The summed E-state index contributed by atoms with van der Waals surface area (Å²) in [6.45, 7) is 4.09. The minimum absolute atomic E-state index is 0.160. The summed E-state index contributed by atoms with van der Waals surface area (Å²) in [6, 6.07) is -0.935. The SMILES string of the molecule is CC(C)c1cnc(CC(N)C(=O)O)nc1. The van der Waals surface area contributed by atoms with Gasteiger partial charge in [0, 0.05) is 18.8 Å². The van der Waals surface area contributed by atoms with E-state index in [2.05, 4.69) is 9.97 Å². The first-order chi connectivity index (χ1) is 7.00. The molecule has 5 nitrogen and oxygen atoms in total. The fourth-order valence-corrected chi connectivity index (χ4v) is 1.05. The van der Waals surface area contributed by atoms with Gasteiger partial charge in [-0.3, -0.25) is 4.79 Å². The summed E-state index contributed by atoms with van der Waals surface area (Å²) in [5.41, 5.74) is 6.40. The van der Waals surface area contributed by atoms with E-state index in [0.717, 1.165) is 5.56 Å². The number of carboxylic acid groups (broad SMARTS) is 1. The summed E-state index contributed by atoms with van der Waals surface area (Å²) in [5.74, 6) is -0.201. The van der Waals surface area contributed by atoms with Crippen LogP contribution in [0.5, 0.6) is 0 Å². The average molecular weight is 209 g/mol. The number of nitrogens with two attached hydrogens (primary N) is 1. The van der Waals surface area contributed by atoms with Crippen LogP contribution in [0, 0.1) is 0 Å². The van der Waals surface area contributed by atoms with Crippen molar-refractivity contribution >= 4 is 5.97 Å². The molecule has 1 rings (SSSR count). The highest BCUT2D eigenvalue weighted by atomic mass is 16.4. The Kier molecular flexibility index (Phi) is 3.74. The minimum Gasteiger partial charge on any atom is -0.480 e. The Bertz CT molecular complexity index is 335. The Balaban J connectivity index is 2.68. The van der Waals surface area contributed by atoms with Crippen molar-refractivity contribution in [2.24, 2.45) is 5.73 Å². The first kappa shape index (κ1) is 11.6. The number of aliphatic carboxylic acids is 1. The van der Waals surface area contributed by atoms with E-state index in [1.54, 1.807) is 12.4 Å². The first-order valence-corrected chi connectivity index (χ1v) is 4.80. The van der Waals surface area contributed by atoms with E-state index in [4.69, 9.17) is 10.8 Å². The van der Waals surface area contributed by atoms with Gasteiger partial charge in [-0.1, -0.05) is 13.8 Å². The van der Waals surface area contributed by atoms with Gasteiger partial charge >= 0.3 is 5.97 Å². The Morgan fingerprint density at radius 3 is 2.40 bits per heavy atom. The minimum atomic E-state index is -1.04. The Labute approximate surface area is 88.4 Å². The molecule has 0 aromatic carbocycles. The van der Waals surface area contributed by atoms with Gasteiger partial charge < -0.3 is 10.8 Å². The van der Waals surface area contributed by atoms with Crippen molar-refractivity contribution in [3.8, 4) is 0 Å². The van der Waals surface area contributed by atoms with Crippen LogP contribution < -0.4 is 5.73 Å². The first-order valence-electron chi connectivity index (χ1n) is 4.80. The molecule has 1 atom stereocenters. The topological polar surface area (TPSA) is 89.1 Å². The highest BCUT2D eigenvalue weighted by molar-refractivity contribution is 5.73. The molecule has 1 unspecified atom stereocenters. The van der Waals surface area contributed by atoms with E-state index in [0.29, 0.717) is 11.7 Å². The second-order valence-corrected chi connectivity index (χ2v) is 3.74. The number of hydrogen-bond acceptors (Lipinski definition) is 4. The fourth-order valence-electron chi connectivity index (χ4n) is 1.05. The lowest BCUT2D eigenvalue weighted by atomic mass is 10.1. The maximum absolute atomic E-state index is 10.5. The van der Waals surface area contributed by atoms with E-state index >= 15 is 0 Å². The predicted molar refractivity (Wildman–Crippen MR) is 55.4 cm³/mol. The number of rotatable bonds is 4. The van der Waals surface area contributed by atoms with Gasteiger partial charge in [0.15, 0.2) is 0 Å². The lowest BCUT2D eigenvalue weighted by Crippen LogP contribution is -2.32. The van der Waals surface area contributed by atoms with Crippen molar-refractivity contribution in [3.63, 3.8) is 0 Å². The Morgan fingerprint density at radius 1 is 1.47 bits per heavy atom. The highest BCUT2D eigenvalue weighted by Gasteiger charge is 2.13. The highest BCUT2D eigenvalue weighted by Crippen LogP contribution is 2.11. The largest absolute Gasteiger partial charge is 0.480 e. The maximum atomic E-state index is 10.5. The molecule has 0 saturated heterocycles.